The molecule has 2 aromatic carbocycles. The number of carbonyl (C=O) groups is 2. The van der Waals surface area contributed by atoms with Gasteiger partial charge in [-0.25, -0.2) is 0 Å². The van der Waals surface area contributed by atoms with Crippen molar-refractivity contribution in [2.45, 2.75) is 33.1 Å². The van der Waals surface area contributed by atoms with E-state index in [1.54, 1.807) is 4.90 Å². The van der Waals surface area contributed by atoms with Gasteiger partial charge in [0.1, 0.15) is 5.75 Å². The monoisotopic (exact) mass is 380 g/mol. The molecule has 2 aromatic rings. The highest BCUT2D eigenvalue weighted by Crippen LogP contribution is 2.21. The van der Waals surface area contributed by atoms with Crippen molar-refractivity contribution in [3.63, 3.8) is 0 Å². The van der Waals surface area contributed by atoms with Crippen molar-refractivity contribution < 1.29 is 14.3 Å². The van der Waals surface area contributed by atoms with Gasteiger partial charge in [0.15, 0.2) is 0 Å². The predicted molar refractivity (Wildman–Crippen MR) is 110 cm³/mol. The summed E-state index contributed by atoms with van der Waals surface area (Å²) in [6, 6.07) is 15.5. The van der Waals surface area contributed by atoms with Gasteiger partial charge in [0.25, 0.3) is 0 Å². The van der Waals surface area contributed by atoms with E-state index < -0.39 is 0 Å². The summed E-state index contributed by atoms with van der Waals surface area (Å²) in [6.45, 7) is 5.54. The molecule has 0 aromatic heterocycles. The molecular weight excluding hydrogens is 352 g/mol. The van der Waals surface area contributed by atoms with Crippen LogP contribution in [0.5, 0.6) is 5.75 Å². The maximum absolute atomic E-state index is 12.6. The van der Waals surface area contributed by atoms with Gasteiger partial charge in [-0.1, -0.05) is 30.3 Å². The summed E-state index contributed by atoms with van der Waals surface area (Å²) < 4.78 is 5.81. The zero-order chi connectivity index (χ0) is 19.9. The molecule has 0 bridgehead atoms. The first-order valence-corrected chi connectivity index (χ1v) is 9.86. The first-order chi connectivity index (χ1) is 13.5. The summed E-state index contributed by atoms with van der Waals surface area (Å²) in [5.74, 6) is 0.683. The fourth-order valence-electron chi connectivity index (χ4n) is 3.45. The van der Waals surface area contributed by atoms with Crippen LogP contribution < -0.4 is 10.1 Å². The Morgan fingerprint density at radius 3 is 2.71 bits per heavy atom. The van der Waals surface area contributed by atoms with Gasteiger partial charge in [0.2, 0.25) is 11.8 Å². The van der Waals surface area contributed by atoms with Crippen molar-refractivity contribution in [2.75, 3.05) is 25.0 Å². The van der Waals surface area contributed by atoms with E-state index in [1.165, 1.54) is 0 Å². The molecule has 5 nitrogen and oxygen atoms in total. The van der Waals surface area contributed by atoms with Crippen molar-refractivity contribution in [2.24, 2.45) is 5.92 Å². The lowest BCUT2D eigenvalue weighted by Crippen LogP contribution is -2.44. The summed E-state index contributed by atoms with van der Waals surface area (Å²) in [6.07, 6.45) is 1.97. The van der Waals surface area contributed by atoms with Crippen LogP contribution in [0.2, 0.25) is 0 Å². The molecule has 0 saturated carbocycles. The zero-order valence-corrected chi connectivity index (χ0v) is 16.6. The van der Waals surface area contributed by atoms with Crippen molar-refractivity contribution in [1.82, 2.24) is 4.90 Å². The number of hydrogen-bond donors (Lipinski definition) is 1. The molecule has 1 atom stereocenters. The molecule has 148 valence electrons. The molecule has 1 fully saturated rings. The topological polar surface area (TPSA) is 58.6 Å². The Hall–Kier alpha value is -2.82. The van der Waals surface area contributed by atoms with E-state index in [2.05, 4.69) is 5.32 Å². The Balaban J connectivity index is 1.48. The Kier molecular flexibility index (Phi) is 6.69. The lowest BCUT2D eigenvalue weighted by atomic mass is 9.96. The number of anilines is 1. The molecular formula is C23H28N2O3. The number of ether oxygens (including phenoxy) is 1. The Morgan fingerprint density at radius 2 is 1.93 bits per heavy atom. The molecule has 3 rings (SSSR count). The third-order valence-corrected chi connectivity index (χ3v) is 5.10. The van der Waals surface area contributed by atoms with Crippen LogP contribution in [0.1, 0.15) is 30.4 Å². The quantitative estimate of drug-likeness (QED) is 0.825. The Morgan fingerprint density at radius 1 is 1.14 bits per heavy atom. The summed E-state index contributed by atoms with van der Waals surface area (Å²) in [5.41, 5.74) is 2.99. The SMILES string of the molecule is Cc1ccc(C)c(OCCC(=O)N2CCCC(C(=O)Nc3ccccc3)C2)c1. The molecule has 1 N–H and O–H groups in total. The number of piperidine rings is 1. The van der Waals surface area contributed by atoms with Crippen LogP contribution in [-0.2, 0) is 9.59 Å². The maximum atomic E-state index is 12.6. The first-order valence-electron chi connectivity index (χ1n) is 9.86. The van der Waals surface area contributed by atoms with E-state index in [0.29, 0.717) is 26.1 Å². The highest BCUT2D eigenvalue weighted by Gasteiger charge is 2.28. The molecule has 1 heterocycles. The molecule has 1 aliphatic heterocycles. The molecule has 0 spiro atoms. The van der Waals surface area contributed by atoms with Gasteiger partial charge in [-0.2, -0.15) is 0 Å². The molecule has 1 saturated heterocycles. The van der Waals surface area contributed by atoms with Gasteiger partial charge < -0.3 is 15.0 Å². The van der Waals surface area contributed by atoms with Gasteiger partial charge in [0.05, 0.1) is 18.9 Å². The van der Waals surface area contributed by atoms with E-state index in [0.717, 1.165) is 35.4 Å². The largest absolute Gasteiger partial charge is 0.493 e. The van der Waals surface area contributed by atoms with Gasteiger partial charge in [-0.3, -0.25) is 9.59 Å². The maximum Gasteiger partial charge on any atom is 0.229 e. The van der Waals surface area contributed by atoms with E-state index >= 15 is 0 Å². The average Bonchev–Trinajstić information content (AvgIpc) is 2.71. The van der Waals surface area contributed by atoms with Crippen LogP contribution in [0.3, 0.4) is 0 Å². The lowest BCUT2D eigenvalue weighted by molar-refractivity contribution is -0.135. The second-order valence-corrected chi connectivity index (χ2v) is 7.40. The van der Waals surface area contributed by atoms with Crippen LogP contribution in [0.15, 0.2) is 48.5 Å². The van der Waals surface area contributed by atoms with Crippen LogP contribution in [0.25, 0.3) is 0 Å². The van der Waals surface area contributed by atoms with E-state index in [9.17, 15) is 9.59 Å². The van der Waals surface area contributed by atoms with E-state index in [1.807, 2.05) is 62.4 Å². The van der Waals surface area contributed by atoms with Crippen LogP contribution >= 0.6 is 0 Å². The van der Waals surface area contributed by atoms with Gasteiger partial charge >= 0.3 is 0 Å². The number of rotatable bonds is 6. The number of carbonyl (C=O) groups excluding carboxylic acids is 2. The molecule has 0 radical (unpaired) electrons. The number of benzene rings is 2. The Bertz CT molecular complexity index is 820. The zero-order valence-electron chi connectivity index (χ0n) is 16.6. The summed E-state index contributed by atoms with van der Waals surface area (Å²) in [5, 5.41) is 2.95. The van der Waals surface area contributed by atoms with Gasteiger partial charge in [-0.15, -0.1) is 0 Å². The molecule has 5 heteroatoms. The number of aryl methyl sites for hydroxylation is 2. The third-order valence-electron chi connectivity index (χ3n) is 5.10. The normalized spacial score (nSPS) is 16.5. The van der Waals surface area contributed by atoms with Crippen molar-refractivity contribution in [3.05, 3.63) is 59.7 Å². The summed E-state index contributed by atoms with van der Waals surface area (Å²) >= 11 is 0. The molecule has 1 aliphatic rings. The highest BCUT2D eigenvalue weighted by molar-refractivity contribution is 5.93. The minimum Gasteiger partial charge on any atom is -0.493 e. The average molecular weight is 380 g/mol. The van der Waals surface area contributed by atoms with Gasteiger partial charge in [0, 0.05) is 18.8 Å². The minimum atomic E-state index is -0.169. The molecule has 0 aliphatic carbocycles. The van der Waals surface area contributed by atoms with E-state index in [4.69, 9.17) is 4.74 Å². The highest BCUT2D eigenvalue weighted by atomic mass is 16.5. The molecule has 1 unspecified atom stereocenters. The second kappa shape index (κ2) is 9.40. The number of hydrogen-bond acceptors (Lipinski definition) is 3. The van der Waals surface area contributed by atoms with Crippen LogP contribution in [-0.4, -0.2) is 36.4 Å². The lowest BCUT2D eigenvalue weighted by Gasteiger charge is -2.32. The fourth-order valence-corrected chi connectivity index (χ4v) is 3.45. The molecule has 28 heavy (non-hydrogen) atoms. The third kappa shape index (κ3) is 5.35. The number of nitrogens with zero attached hydrogens (tertiary/aromatic N) is 1. The number of nitrogens with one attached hydrogen (secondary N) is 1. The number of para-hydroxylation sites is 1. The summed E-state index contributed by atoms with van der Waals surface area (Å²) in [7, 11) is 0. The molecule has 2 amide bonds. The minimum absolute atomic E-state index is 0.0182. The number of amides is 2. The van der Waals surface area contributed by atoms with Crippen molar-refractivity contribution in [3.8, 4) is 5.75 Å². The number of likely N-dealkylation sites (tertiary alicyclic amines) is 1. The van der Waals surface area contributed by atoms with E-state index in [-0.39, 0.29) is 17.7 Å². The fraction of sp³-hybridized carbons (Fsp3) is 0.391. The second-order valence-electron chi connectivity index (χ2n) is 7.40. The van der Waals surface area contributed by atoms with Crippen molar-refractivity contribution in [1.29, 1.82) is 0 Å². The predicted octanol–water partition coefficient (Wildman–Crippen LogP) is 3.95. The van der Waals surface area contributed by atoms with Crippen LogP contribution in [0, 0.1) is 19.8 Å². The smallest absolute Gasteiger partial charge is 0.229 e. The first kappa shape index (κ1) is 19.9. The van der Waals surface area contributed by atoms with Crippen LogP contribution in [0.4, 0.5) is 5.69 Å². The van der Waals surface area contributed by atoms with Crippen molar-refractivity contribution >= 4 is 17.5 Å². The summed E-state index contributed by atoms with van der Waals surface area (Å²) in [4.78, 5) is 26.9. The standard InChI is InChI=1S/C23H28N2O3/c1-17-10-11-18(2)21(15-17)28-14-12-22(26)25-13-6-7-19(16-25)23(27)24-20-8-4-3-5-9-20/h3-5,8-11,15,19H,6-7,12-14,16H2,1-2H3,(H,24,27). The van der Waals surface area contributed by atoms with Gasteiger partial charge in [-0.05, 0) is 56.0 Å². The Labute approximate surface area is 166 Å².